The zero-order valence-electron chi connectivity index (χ0n) is 7.06. The average Bonchev–Trinajstić information content (AvgIpc) is 2.30. The number of hydrogen-bond donors (Lipinski definition) is 0. The van der Waals surface area contributed by atoms with Crippen LogP contribution in [0.1, 0.15) is 6.92 Å². The lowest BCUT2D eigenvalue weighted by atomic mass is 10.7. The van der Waals surface area contributed by atoms with E-state index in [1.165, 1.54) is 9.79 Å². The van der Waals surface area contributed by atoms with Crippen LogP contribution in [-0.2, 0) is 6.54 Å². The minimum absolute atomic E-state index is 0.388. The Morgan fingerprint density at radius 2 is 2.27 bits per heavy atom. The summed E-state index contributed by atoms with van der Waals surface area (Å²) in [4.78, 5) is 0. The van der Waals surface area contributed by atoms with Crippen molar-refractivity contribution in [3.63, 3.8) is 0 Å². The van der Waals surface area contributed by atoms with Crippen LogP contribution < -0.4 is 5.32 Å². The minimum Gasteiger partial charge on any atom is -0.273 e. The van der Waals surface area contributed by atoms with E-state index in [1.807, 2.05) is 6.20 Å². The molecular weight excluding hydrogens is 220 g/mol. The zero-order chi connectivity index (χ0) is 8.43. The number of nitrogens with zero attached hydrogens (tertiary/aromatic N) is 2. The first kappa shape index (κ1) is 9.00. The Hall–Kier alpha value is -0.0931. The van der Waals surface area contributed by atoms with E-state index in [9.17, 15) is 0 Å². The van der Waals surface area contributed by atoms with Gasteiger partial charge in [-0.1, -0.05) is 13.1 Å². The lowest BCUT2D eigenvalue weighted by Crippen LogP contribution is -2.32. The van der Waals surface area contributed by atoms with Crippen LogP contribution >= 0.6 is 15.9 Å². The fraction of sp³-hybridized carbons (Fsp3) is 0.571. The quantitative estimate of drug-likeness (QED) is 0.708. The molecule has 11 heavy (non-hydrogen) atoms. The summed E-state index contributed by atoms with van der Waals surface area (Å²) in [7, 11) is -0.388. The van der Waals surface area contributed by atoms with Crippen LogP contribution in [0.5, 0.6) is 0 Å². The maximum Gasteiger partial charge on any atom is 0.105 e. The van der Waals surface area contributed by atoms with E-state index in [0.29, 0.717) is 0 Å². The van der Waals surface area contributed by atoms with Gasteiger partial charge in [0.1, 0.15) is 8.80 Å². The molecule has 0 aliphatic heterocycles. The number of aryl methyl sites for hydroxylation is 1. The Kier molecular flexibility index (Phi) is 2.89. The van der Waals surface area contributed by atoms with Crippen molar-refractivity contribution in [1.82, 2.24) is 9.78 Å². The highest BCUT2D eigenvalue weighted by atomic mass is 79.9. The number of halogens is 1. The van der Waals surface area contributed by atoms with E-state index in [1.54, 1.807) is 0 Å². The van der Waals surface area contributed by atoms with E-state index in [4.69, 9.17) is 0 Å². The Balaban J connectivity index is 3.07. The van der Waals surface area contributed by atoms with Gasteiger partial charge in [0, 0.05) is 11.9 Å². The second-order valence-corrected chi connectivity index (χ2v) is 5.98. The normalized spacial score (nSPS) is 11.0. The van der Waals surface area contributed by atoms with E-state index in [0.717, 1.165) is 6.54 Å². The first-order valence-corrected chi connectivity index (χ1v) is 6.98. The first-order valence-electron chi connectivity index (χ1n) is 3.68. The molecule has 0 unspecified atom stereocenters. The Bertz CT molecular complexity index is 245. The van der Waals surface area contributed by atoms with Crippen molar-refractivity contribution in [2.75, 3.05) is 0 Å². The van der Waals surface area contributed by atoms with Gasteiger partial charge in [0.15, 0.2) is 0 Å². The van der Waals surface area contributed by atoms with Gasteiger partial charge in [-0.15, -0.1) is 0 Å². The molecule has 0 aromatic carbocycles. The van der Waals surface area contributed by atoms with E-state index in [2.05, 4.69) is 45.7 Å². The summed E-state index contributed by atoms with van der Waals surface area (Å²) in [6.07, 6.45) is 1.89. The predicted molar refractivity (Wildman–Crippen MR) is 52.7 cm³/mol. The molecule has 0 aliphatic carbocycles. The van der Waals surface area contributed by atoms with Gasteiger partial charge < -0.3 is 0 Å². The van der Waals surface area contributed by atoms with Crippen molar-refractivity contribution in [1.29, 1.82) is 0 Å². The first-order chi connectivity index (χ1) is 5.16. The van der Waals surface area contributed by atoms with Crippen LogP contribution in [0.25, 0.3) is 0 Å². The van der Waals surface area contributed by atoms with Gasteiger partial charge in [-0.05, 0) is 22.9 Å². The van der Waals surface area contributed by atoms with Gasteiger partial charge in [-0.2, -0.15) is 5.10 Å². The summed E-state index contributed by atoms with van der Waals surface area (Å²) < 4.78 is 3.23. The van der Waals surface area contributed by atoms with Crippen LogP contribution in [-0.4, -0.2) is 18.6 Å². The molecule has 1 aromatic rings. The molecule has 0 amide bonds. The molecule has 0 bridgehead atoms. The summed E-state index contributed by atoms with van der Waals surface area (Å²) in [5.41, 5.74) is 0. The fourth-order valence-corrected chi connectivity index (χ4v) is 3.86. The van der Waals surface area contributed by atoms with Crippen molar-refractivity contribution in [2.24, 2.45) is 0 Å². The van der Waals surface area contributed by atoms with Crippen LogP contribution in [0.15, 0.2) is 10.7 Å². The number of hydrogen-bond acceptors (Lipinski definition) is 1. The predicted octanol–water partition coefficient (Wildman–Crippen LogP) is 1.63. The molecule has 0 spiro atoms. The van der Waals surface area contributed by atoms with Gasteiger partial charge in [0.2, 0.25) is 0 Å². The maximum absolute atomic E-state index is 4.25. The standard InChI is InChI=1S/C7H12BrN2Si/c1-4-10-7(11(2)3)6(8)5-9-10/h5H,4H2,1-3H3. The Morgan fingerprint density at radius 3 is 2.64 bits per heavy atom. The number of rotatable bonds is 2. The molecule has 1 aromatic heterocycles. The lowest BCUT2D eigenvalue weighted by Gasteiger charge is -2.06. The summed E-state index contributed by atoms with van der Waals surface area (Å²) in [6, 6.07) is 0. The molecule has 1 rings (SSSR count). The maximum atomic E-state index is 4.25. The minimum atomic E-state index is -0.388. The lowest BCUT2D eigenvalue weighted by molar-refractivity contribution is 0.676. The SMILES string of the molecule is CCn1ncc(Br)c1[Si](C)C. The van der Waals surface area contributed by atoms with Gasteiger partial charge >= 0.3 is 0 Å². The van der Waals surface area contributed by atoms with Gasteiger partial charge in [-0.25, -0.2) is 0 Å². The molecular formula is C7H12BrN2Si. The van der Waals surface area contributed by atoms with Crippen molar-refractivity contribution in [3.05, 3.63) is 10.7 Å². The van der Waals surface area contributed by atoms with E-state index in [-0.39, 0.29) is 8.80 Å². The zero-order valence-corrected chi connectivity index (χ0v) is 9.64. The van der Waals surface area contributed by atoms with Crippen LogP contribution in [0, 0.1) is 0 Å². The third kappa shape index (κ3) is 1.73. The highest BCUT2D eigenvalue weighted by Gasteiger charge is 2.11. The van der Waals surface area contributed by atoms with Crippen molar-refractivity contribution in [3.8, 4) is 0 Å². The smallest absolute Gasteiger partial charge is 0.105 e. The Labute approximate surface area is 77.3 Å². The highest BCUT2D eigenvalue weighted by Crippen LogP contribution is 2.05. The molecule has 0 aliphatic rings. The molecule has 0 fully saturated rings. The molecule has 2 nitrogen and oxygen atoms in total. The average molecular weight is 232 g/mol. The van der Waals surface area contributed by atoms with Crippen molar-refractivity contribution in [2.45, 2.75) is 26.6 Å². The largest absolute Gasteiger partial charge is 0.273 e. The second kappa shape index (κ2) is 3.54. The monoisotopic (exact) mass is 231 g/mol. The topological polar surface area (TPSA) is 17.8 Å². The van der Waals surface area contributed by atoms with Gasteiger partial charge in [0.25, 0.3) is 0 Å². The van der Waals surface area contributed by atoms with Crippen molar-refractivity contribution >= 4 is 30.0 Å². The van der Waals surface area contributed by atoms with E-state index >= 15 is 0 Å². The molecule has 0 atom stereocenters. The molecule has 1 radical (unpaired) electrons. The van der Waals surface area contributed by atoms with Crippen LogP contribution in [0.3, 0.4) is 0 Å². The molecule has 0 N–H and O–H groups in total. The molecule has 61 valence electrons. The molecule has 4 heteroatoms. The molecule has 0 saturated heterocycles. The number of aromatic nitrogens is 2. The molecule has 1 heterocycles. The fourth-order valence-electron chi connectivity index (χ4n) is 1.10. The van der Waals surface area contributed by atoms with Gasteiger partial charge in [0.05, 0.1) is 10.7 Å². The third-order valence-corrected chi connectivity index (χ3v) is 3.99. The second-order valence-electron chi connectivity index (χ2n) is 2.66. The highest BCUT2D eigenvalue weighted by molar-refractivity contribution is 9.10. The molecule has 0 saturated carbocycles. The summed E-state index contributed by atoms with van der Waals surface area (Å²) >= 11 is 3.50. The summed E-state index contributed by atoms with van der Waals surface area (Å²) in [6.45, 7) is 7.64. The third-order valence-electron chi connectivity index (χ3n) is 1.57. The van der Waals surface area contributed by atoms with E-state index < -0.39 is 0 Å². The summed E-state index contributed by atoms with van der Waals surface area (Å²) in [5.74, 6) is 0. The van der Waals surface area contributed by atoms with Crippen molar-refractivity contribution < 1.29 is 0 Å². The Morgan fingerprint density at radius 1 is 1.64 bits per heavy atom. The summed E-state index contributed by atoms with van der Waals surface area (Å²) in [5, 5.41) is 5.64. The van der Waals surface area contributed by atoms with Crippen LogP contribution in [0.2, 0.25) is 13.1 Å². The van der Waals surface area contributed by atoms with Crippen LogP contribution in [0.4, 0.5) is 0 Å². The van der Waals surface area contributed by atoms with Gasteiger partial charge in [-0.3, -0.25) is 4.68 Å².